The molecule has 16 heavy (non-hydrogen) atoms. The van der Waals surface area contributed by atoms with E-state index in [1.54, 1.807) is 13.8 Å². The van der Waals surface area contributed by atoms with Gasteiger partial charge in [-0.3, -0.25) is 9.59 Å². The second kappa shape index (κ2) is 4.78. The number of carboxylic acid groups (broad SMARTS) is 1. The van der Waals surface area contributed by atoms with Crippen LogP contribution in [0.15, 0.2) is 10.6 Å². The van der Waals surface area contributed by atoms with Gasteiger partial charge in [0.15, 0.2) is 5.89 Å². The van der Waals surface area contributed by atoms with Gasteiger partial charge in [0.1, 0.15) is 0 Å². The smallest absolute Gasteiger partial charge is 0.305 e. The Labute approximate surface area is 92.9 Å². The average molecular weight is 226 g/mol. The van der Waals surface area contributed by atoms with Crippen LogP contribution in [0.2, 0.25) is 0 Å². The molecule has 1 N–H and O–H groups in total. The Morgan fingerprint density at radius 3 is 2.69 bits per heavy atom. The number of amides is 1. The summed E-state index contributed by atoms with van der Waals surface area (Å²) < 4.78 is 5.07. The van der Waals surface area contributed by atoms with Gasteiger partial charge in [0, 0.05) is 20.0 Å². The number of carboxylic acids is 1. The summed E-state index contributed by atoms with van der Waals surface area (Å²) in [4.78, 5) is 27.4. The predicted molar refractivity (Wildman–Crippen MR) is 55.0 cm³/mol. The zero-order valence-electron chi connectivity index (χ0n) is 9.43. The minimum Gasteiger partial charge on any atom is -0.481 e. The lowest BCUT2D eigenvalue weighted by molar-refractivity contribution is -0.137. The molecule has 1 rings (SSSR count). The summed E-state index contributed by atoms with van der Waals surface area (Å²) in [7, 11) is 1.54. The van der Waals surface area contributed by atoms with Gasteiger partial charge in [-0.15, -0.1) is 0 Å². The van der Waals surface area contributed by atoms with Crippen molar-refractivity contribution in [3.8, 4) is 0 Å². The molecule has 0 aliphatic carbocycles. The normalized spacial score (nSPS) is 12.2. The van der Waals surface area contributed by atoms with Crippen LogP contribution in [0.1, 0.15) is 29.8 Å². The summed E-state index contributed by atoms with van der Waals surface area (Å²) in [6.45, 7) is 3.30. The van der Waals surface area contributed by atoms with E-state index < -0.39 is 12.0 Å². The minimum atomic E-state index is -0.944. The van der Waals surface area contributed by atoms with Crippen molar-refractivity contribution < 1.29 is 19.1 Å². The number of hydrogen-bond acceptors (Lipinski definition) is 4. The Balaban J connectivity index is 2.70. The standard InChI is InChI=1S/C10H14N2O4/c1-6(4-9(13)14)12(3)10(15)8-5-11-7(2)16-8/h5-6H,4H2,1-3H3,(H,13,14). The number of carbonyl (C=O) groups is 2. The van der Waals surface area contributed by atoms with E-state index in [9.17, 15) is 9.59 Å². The number of aliphatic carboxylic acids is 1. The first-order valence-electron chi connectivity index (χ1n) is 4.83. The summed E-state index contributed by atoms with van der Waals surface area (Å²) in [5.41, 5.74) is 0. The summed E-state index contributed by atoms with van der Waals surface area (Å²) in [6.07, 6.45) is 1.23. The van der Waals surface area contributed by atoms with Crippen molar-refractivity contribution in [2.45, 2.75) is 26.3 Å². The predicted octanol–water partition coefficient (Wildman–Crippen LogP) is 0.918. The average Bonchev–Trinajstić information content (AvgIpc) is 2.61. The van der Waals surface area contributed by atoms with Crippen LogP contribution in [-0.2, 0) is 4.79 Å². The maximum absolute atomic E-state index is 11.8. The molecule has 1 atom stereocenters. The number of aryl methyl sites for hydroxylation is 1. The first-order valence-corrected chi connectivity index (χ1v) is 4.83. The third-order valence-corrected chi connectivity index (χ3v) is 2.28. The van der Waals surface area contributed by atoms with E-state index in [2.05, 4.69) is 4.98 Å². The van der Waals surface area contributed by atoms with E-state index in [4.69, 9.17) is 9.52 Å². The molecule has 1 unspecified atom stereocenters. The van der Waals surface area contributed by atoms with E-state index in [1.165, 1.54) is 18.1 Å². The lowest BCUT2D eigenvalue weighted by Crippen LogP contribution is -2.36. The summed E-state index contributed by atoms with van der Waals surface area (Å²) in [5, 5.41) is 8.62. The lowest BCUT2D eigenvalue weighted by atomic mass is 10.2. The quantitative estimate of drug-likeness (QED) is 0.825. The molecule has 0 aromatic carbocycles. The first kappa shape index (κ1) is 12.2. The maximum Gasteiger partial charge on any atom is 0.305 e. The number of carbonyl (C=O) groups excluding carboxylic acids is 1. The van der Waals surface area contributed by atoms with Crippen molar-refractivity contribution in [1.82, 2.24) is 9.88 Å². The number of rotatable bonds is 4. The molecule has 1 aromatic rings. The van der Waals surface area contributed by atoms with Crippen LogP contribution in [0.4, 0.5) is 0 Å². The van der Waals surface area contributed by atoms with Crippen LogP contribution in [0.25, 0.3) is 0 Å². The van der Waals surface area contributed by atoms with Crippen LogP contribution in [0, 0.1) is 6.92 Å². The third-order valence-electron chi connectivity index (χ3n) is 2.28. The molecule has 0 bridgehead atoms. The van der Waals surface area contributed by atoms with Gasteiger partial charge in [0.2, 0.25) is 5.76 Å². The fraction of sp³-hybridized carbons (Fsp3) is 0.500. The molecular weight excluding hydrogens is 212 g/mol. The molecule has 88 valence electrons. The van der Waals surface area contributed by atoms with Gasteiger partial charge in [-0.05, 0) is 6.92 Å². The van der Waals surface area contributed by atoms with Gasteiger partial charge in [0.05, 0.1) is 12.6 Å². The van der Waals surface area contributed by atoms with Gasteiger partial charge in [-0.2, -0.15) is 0 Å². The van der Waals surface area contributed by atoms with Gasteiger partial charge in [0.25, 0.3) is 5.91 Å². The van der Waals surface area contributed by atoms with Gasteiger partial charge in [-0.1, -0.05) is 0 Å². The van der Waals surface area contributed by atoms with E-state index >= 15 is 0 Å². The highest BCUT2D eigenvalue weighted by molar-refractivity contribution is 5.91. The maximum atomic E-state index is 11.8. The van der Waals surface area contributed by atoms with E-state index in [0.717, 1.165) is 0 Å². The Bertz CT molecular complexity index is 399. The number of aromatic nitrogens is 1. The summed E-state index contributed by atoms with van der Waals surface area (Å²) >= 11 is 0. The van der Waals surface area contributed by atoms with E-state index in [-0.39, 0.29) is 18.1 Å². The summed E-state index contributed by atoms with van der Waals surface area (Å²) in [6, 6.07) is -0.393. The molecule has 1 heterocycles. The van der Waals surface area contributed by atoms with Crippen molar-refractivity contribution in [2.24, 2.45) is 0 Å². The van der Waals surface area contributed by atoms with Gasteiger partial charge >= 0.3 is 5.97 Å². The highest BCUT2D eigenvalue weighted by Gasteiger charge is 2.22. The fourth-order valence-electron chi connectivity index (χ4n) is 1.22. The van der Waals surface area contributed by atoms with Crippen LogP contribution >= 0.6 is 0 Å². The van der Waals surface area contributed by atoms with E-state index in [0.29, 0.717) is 5.89 Å². The second-order valence-electron chi connectivity index (χ2n) is 3.61. The summed E-state index contributed by atoms with van der Waals surface area (Å²) in [5.74, 6) is -0.782. The molecule has 0 saturated heterocycles. The Morgan fingerprint density at radius 2 is 2.25 bits per heavy atom. The zero-order valence-corrected chi connectivity index (χ0v) is 9.43. The largest absolute Gasteiger partial charge is 0.481 e. The zero-order chi connectivity index (χ0) is 12.3. The van der Waals surface area contributed by atoms with Crippen LogP contribution < -0.4 is 0 Å². The van der Waals surface area contributed by atoms with Crippen molar-refractivity contribution in [2.75, 3.05) is 7.05 Å². The Hall–Kier alpha value is -1.85. The molecule has 0 aliphatic heterocycles. The number of nitrogens with zero attached hydrogens (tertiary/aromatic N) is 2. The van der Waals surface area contributed by atoms with Crippen molar-refractivity contribution in [3.05, 3.63) is 17.8 Å². The first-order chi connectivity index (χ1) is 7.41. The molecule has 0 fully saturated rings. The molecular formula is C10H14N2O4. The van der Waals surface area contributed by atoms with Crippen molar-refractivity contribution >= 4 is 11.9 Å². The highest BCUT2D eigenvalue weighted by atomic mass is 16.4. The molecule has 6 nitrogen and oxygen atoms in total. The molecule has 0 spiro atoms. The molecule has 1 aromatic heterocycles. The van der Waals surface area contributed by atoms with Gasteiger partial charge < -0.3 is 14.4 Å². The monoisotopic (exact) mass is 226 g/mol. The molecule has 0 radical (unpaired) electrons. The SMILES string of the molecule is Cc1ncc(C(=O)N(C)C(C)CC(=O)O)o1. The molecule has 6 heteroatoms. The Morgan fingerprint density at radius 1 is 1.62 bits per heavy atom. The molecule has 0 aliphatic rings. The van der Waals surface area contributed by atoms with Gasteiger partial charge in [-0.25, -0.2) is 4.98 Å². The third kappa shape index (κ3) is 2.82. The van der Waals surface area contributed by atoms with Crippen LogP contribution in [-0.4, -0.2) is 40.0 Å². The lowest BCUT2D eigenvalue weighted by Gasteiger charge is -2.22. The highest BCUT2D eigenvalue weighted by Crippen LogP contribution is 2.09. The number of hydrogen-bond donors (Lipinski definition) is 1. The fourth-order valence-corrected chi connectivity index (χ4v) is 1.22. The van der Waals surface area contributed by atoms with Crippen LogP contribution in [0.5, 0.6) is 0 Å². The second-order valence-corrected chi connectivity index (χ2v) is 3.61. The van der Waals surface area contributed by atoms with Crippen molar-refractivity contribution in [3.63, 3.8) is 0 Å². The molecule has 0 saturated carbocycles. The van der Waals surface area contributed by atoms with Crippen LogP contribution in [0.3, 0.4) is 0 Å². The molecule has 1 amide bonds. The van der Waals surface area contributed by atoms with E-state index in [1.807, 2.05) is 0 Å². The topological polar surface area (TPSA) is 83.6 Å². The number of oxazole rings is 1. The van der Waals surface area contributed by atoms with Crippen molar-refractivity contribution in [1.29, 1.82) is 0 Å². The Kier molecular flexibility index (Phi) is 3.65. The minimum absolute atomic E-state index is 0.102.